The van der Waals surface area contributed by atoms with Gasteiger partial charge in [0.1, 0.15) is 0 Å². The number of amides is 1. The van der Waals surface area contributed by atoms with Crippen LogP contribution < -0.4 is 5.32 Å². The van der Waals surface area contributed by atoms with Gasteiger partial charge in [-0.2, -0.15) is 0 Å². The van der Waals surface area contributed by atoms with Crippen molar-refractivity contribution in [3.8, 4) is 0 Å². The molecule has 2 atom stereocenters. The Kier molecular flexibility index (Phi) is 4.00. The van der Waals surface area contributed by atoms with Gasteiger partial charge in [0.05, 0.1) is 5.92 Å². The molecule has 0 radical (unpaired) electrons. The second kappa shape index (κ2) is 5.83. The van der Waals surface area contributed by atoms with Crippen LogP contribution in [0.3, 0.4) is 0 Å². The van der Waals surface area contributed by atoms with Crippen LogP contribution in [0.5, 0.6) is 0 Å². The van der Waals surface area contributed by atoms with Crippen LogP contribution in [0.15, 0.2) is 48.5 Å². The molecule has 5 nitrogen and oxygen atoms in total. The van der Waals surface area contributed by atoms with Crippen LogP contribution in [0.2, 0.25) is 5.02 Å². The Balaban J connectivity index is 2.20. The highest BCUT2D eigenvalue weighted by Crippen LogP contribution is 2.52. The number of fused-ring (bicyclic) bond motifs is 1. The largest absolute Gasteiger partial charge is 0.324 e. The molecule has 1 N–H and O–H groups in total. The molecule has 1 aliphatic rings. The highest BCUT2D eigenvalue weighted by atomic mass is 35.5. The number of nitrogens with one attached hydrogen (secondary N) is 1. The molecule has 0 aliphatic carbocycles. The van der Waals surface area contributed by atoms with E-state index in [4.69, 9.17) is 23.2 Å². The van der Waals surface area contributed by atoms with Gasteiger partial charge in [-0.15, -0.1) is 11.6 Å². The first-order chi connectivity index (χ1) is 10.9. The van der Waals surface area contributed by atoms with Gasteiger partial charge in [-0.05, 0) is 17.7 Å². The lowest BCUT2D eigenvalue weighted by Gasteiger charge is -2.28. The van der Waals surface area contributed by atoms with Crippen LogP contribution in [0.25, 0.3) is 0 Å². The molecule has 3 rings (SSSR count). The fourth-order valence-electron chi connectivity index (χ4n) is 2.95. The van der Waals surface area contributed by atoms with E-state index in [0.717, 1.165) is 0 Å². The second-order valence-corrected chi connectivity index (χ2v) is 6.31. The summed E-state index contributed by atoms with van der Waals surface area (Å²) >= 11 is 12.9. The number of halogens is 2. The smallest absolute Gasteiger partial charge is 0.251 e. The Morgan fingerprint density at radius 2 is 1.87 bits per heavy atom. The number of nitro groups is 1. The number of hydrogen-bond donors (Lipinski definition) is 1. The Hall–Kier alpha value is -2.11. The zero-order chi connectivity index (χ0) is 16.6. The summed E-state index contributed by atoms with van der Waals surface area (Å²) < 4.78 is 0. The van der Waals surface area contributed by atoms with E-state index >= 15 is 0 Å². The molecule has 0 bridgehead atoms. The maximum Gasteiger partial charge on any atom is 0.251 e. The third-order valence-electron chi connectivity index (χ3n) is 3.97. The third-order valence-corrected chi connectivity index (χ3v) is 4.91. The quantitative estimate of drug-likeness (QED) is 0.518. The summed E-state index contributed by atoms with van der Waals surface area (Å²) in [5.74, 6) is -1.35. The van der Waals surface area contributed by atoms with Gasteiger partial charge in [0.25, 0.3) is 5.91 Å². The molecule has 2 aromatic rings. The fraction of sp³-hybridized carbons (Fsp3) is 0.188. The Bertz CT molecular complexity index is 782. The minimum absolute atomic E-state index is 0.306. The maximum atomic E-state index is 12.6. The van der Waals surface area contributed by atoms with Gasteiger partial charge in [-0.1, -0.05) is 48.0 Å². The number of rotatable bonds is 4. The van der Waals surface area contributed by atoms with E-state index in [1.165, 1.54) is 0 Å². The van der Waals surface area contributed by atoms with Crippen LogP contribution in [-0.4, -0.2) is 17.4 Å². The molecule has 0 saturated carbocycles. The van der Waals surface area contributed by atoms with Crippen LogP contribution in [0, 0.1) is 10.1 Å². The number of carbonyl (C=O) groups excluding carboxylic acids is 1. The van der Waals surface area contributed by atoms with Crippen molar-refractivity contribution in [2.45, 2.75) is 10.8 Å². The van der Waals surface area contributed by atoms with Crippen molar-refractivity contribution in [3.05, 3.63) is 74.8 Å². The van der Waals surface area contributed by atoms with Crippen LogP contribution in [-0.2, 0) is 9.67 Å². The zero-order valence-corrected chi connectivity index (χ0v) is 13.3. The van der Waals surface area contributed by atoms with E-state index in [-0.39, 0.29) is 0 Å². The maximum absolute atomic E-state index is 12.6. The normalized spacial score (nSPS) is 20.7. The molecule has 0 fully saturated rings. The van der Waals surface area contributed by atoms with Crippen LogP contribution >= 0.6 is 23.2 Å². The molecule has 118 valence electrons. The second-order valence-electron chi connectivity index (χ2n) is 5.31. The number of nitrogens with zero attached hydrogens (tertiary/aromatic N) is 1. The molecule has 0 unspecified atom stereocenters. The average Bonchev–Trinajstić information content (AvgIpc) is 2.79. The van der Waals surface area contributed by atoms with Gasteiger partial charge in [0.15, 0.2) is 4.87 Å². The molecule has 7 heteroatoms. The van der Waals surface area contributed by atoms with E-state index in [0.29, 0.717) is 21.8 Å². The van der Waals surface area contributed by atoms with Crippen LogP contribution in [0.1, 0.15) is 17.0 Å². The number of alkyl halides is 1. The molecule has 1 heterocycles. The van der Waals surface area contributed by atoms with Gasteiger partial charge >= 0.3 is 0 Å². The predicted octanol–water partition coefficient (Wildman–Crippen LogP) is 3.79. The van der Waals surface area contributed by atoms with E-state index in [2.05, 4.69) is 5.32 Å². The Labute approximate surface area is 142 Å². The summed E-state index contributed by atoms with van der Waals surface area (Å²) in [5.41, 5.74) is 1.49. The van der Waals surface area contributed by atoms with E-state index in [9.17, 15) is 14.9 Å². The first-order valence-electron chi connectivity index (χ1n) is 6.90. The SMILES string of the molecule is O=C1Nc2cccc(Cl)c2[C@]1(Cl)[C@H](C[N+](=O)[O-])c1ccccc1. The van der Waals surface area contributed by atoms with E-state index in [1.54, 1.807) is 48.5 Å². The van der Waals surface area contributed by atoms with Crippen molar-refractivity contribution in [3.63, 3.8) is 0 Å². The zero-order valence-electron chi connectivity index (χ0n) is 11.8. The third kappa shape index (κ3) is 2.56. The van der Waals surface area contributed by atoms with Gasteiger partial charge in [0.2, 0.25) is 6.54 Å². The van der Waals surface area contributed by atoms with Crippen molar-refractivity contribution in [2.75, 3.05) is 11.9 Å². The highest BCUT2D eigenvalue weighted by Gasteiger charge is 2.54. The number of benzene rings is 2. The number of hydrogen-bond acceptors (Lipinski definition) is 3. The Morgan fingerprint density at radius 3 is 2.52 bits per heavy atom. The minimum atomic E-state index is -1.62. The number of anilines is 1. The molecular formula is C16H12Cl2N2O3. The summed E-state index contributed by atoms with van der Waals surface area (Å²) in [5, 5.41) is 14.1. The first kappa shape index (κ1) is 15.8. The van der Waals surface area contributed by atoms with Gasteiger partial charge in [0, 0.05) is 21.2 Å². The standard InChI is InChI=1S/C16H12Cl2N2O3/c17-12-7-4-8-13-14(12)16(18,15(21)19-13)11(9-20(22)23)10-5-2-1-3-6-10/h1-8,11H,9H2,(H,19,21)/t11-,16-/m1/s1. The fourth-order valence-corrected chi connectivity index (χ4v) is 3.77. The first-order valence-corrected chi connectivity index (χ1v) is 7.66. The summed E-state index contributed by atoms with van der Waals surface area (Å²) in [6.45, 7) is -0.481. The van der Waals surface area contributed by atoms with Gasteiger partial charge in [-0.25, -0.2) is 0 Å². The van der Waals surface area contributed by atoms with Crippen molar-refractivity contribution in [1.82, 2.24) is 0 Å². The van der Waals surface area contributed by atoms with E-state index in [1.807, 2.05) is 0 Å². The van der Waals surface area contributed by atoms with Crippen LogP contribution in [0.4, 0.5) is 5.69 Å². The van der Waals surface area contributed by atoms with E-state index < -0.39 is 28.2 Å². The van der Waals surface area contributed by atoms with Crippen molar-refractivity contribution < 1.29 is 9.72 Å². The Morgan fingerprint density at radius 1 is 1.17 bits per heavy atom. The molecule has 2 aromatic carbocycles. The van der Waals surface area contributed by atoms with Gasteiger partial charge in [-0.3, -0.25) is 14.9 Å². The molecule has 1 amide bonds. The summed E-state index contributed by atoms with van der Waals surface area (Å²) in [6, 6.07) is 13.7. The lowest BCUT2D eigenvalue weighted by Crippen LogP contribution is -2.38. The topological polar surface area (TPSA) is 72.2 Å². The monoisotopic (exact) mass is 350 g/mol. The molecule has 23 heavy (non-hydrogen) atoms. The lowest BCUT2D eigenvalue weighted by molar-refractivity contribution is -0.484. The molecule has 0 aromatic heterocycles. The summed E-state index contributed by atoms with van der Waals surface area (Å²) in [4.78, 5) is 21.7. The molecule has 0 saturated heterocycles. The lowest BCUT2D eigenvalue weighted by atomic mass is 9.81. The van der Waals surface area contributed by atoms with Crippen molar-refractivity contribution in [1.29, 1.82) is 0 Å². The minimum Gasteiger partial charge on any atom is -0.324 e. The van der Waals surface area contributed by atoms with Gasteiger partial charge < -0.3 is 5.32 Å². The summed E-state index contributed by atoms with van der Waals surface area (Å²) in [7, 11) is 0. The predicted molar refractivity (Wildman–Crippen MR) is 88.7 cm³/mol. The molecule has 1 aliphatic heterocycles. The molecule has 0 spiro atoms. The van der Waals surface area contributed by atoms with Crippen molar-refractivity contribution >= 4 is 34.8 Å². The number of carbonyl (C=O) groups is 1. The average molecular weight is 351 g/mol. The highest BCUT2D eigenvalue weighted by molar-refractivity contribution is 6.42. The summed E-state index contributed by atoms with van der Waals surface area (Å²) in [6.07, 6.45) is 0. The molecular weight excluding hydrogens is 339 g/mol. The van der Waals surface area contributed by atoms with Crippen molar-refractivity contribution in [2.24, 2.45) is 0 Å².